The van der Waals surface area contributed by atoms with Crippen molar-refractivity contribution in [2.45, 2.75) is 32.1 Å². The summed E-state index contributed by atoms with van der Waals surface area (Å²) in [7, 11) is 1.62. The monoisotopic (exact) mass is 228 g/mol. The van der Waals surface area contributed by atoms with Crippen molar-refractivity contribution in [3.05, 3.63) is 11.7 Å². The minimum atomic E-state index is -0.772. The average molecular weight is 228 g/mol. The molecule has 0 saturated carbocycles. The predicted octanol–water partition coefficient (Wildman–Crippen LogP) is 1.06. The van der Waals surface area contributed by atoms with Crippen LogP contribution in [-0.4, -0.2) is 34.9 Å². The van der Waals surface area contributed by atoms with Crippen LogP contribution in [0.25, 0.3) is 0 Å². The normalized spacial score (nSPS) is 10.6. The van der Waals surface area contributed by atoms with Gasteiger partial charge in [-0.3, -0.25) is 4.79 Å². The molecule has 0 aliphatic carbocycles. The van der Waals surface area contributed by atoms with Crippen LogP contribution in [0.4, 0.5) is 0 Å². The third-order valence-corrected chi connectivity index (χ3v) is 2.07. The summed E-state index contributed by atoms with van der Waals surface area (Å²) in [5.74, 6) is 0.429. The number of aromatic nitrogens is 2. The molecule has 1 N–H and O–H groups in total. The maximum absolute atomic E-state index is 10.3. The average Bonchev–Trinajstić information content (AvgIpc) is 2.69. The van der Waals surface area contributed by atoms with Gasteiger partial charge in [-0.15, -0.1) is 0 Å². The minimum absolute atomic E-state index is 0.185. The third kappa shape index (κ3) is 4.88. The first-order valence-electron chi connectivity index (χ1n) is 5.24. The van der Waals surface area contributed by atoms with E-state index in [4.69, 9.17) is 14.4 Å². The van der Waals surface area contributed by atoms with E-state index < -0.39 is 5.97 Å². The molecule has 16 heavy (non-hydrogen) atoms. The third-order valence-electron chi connectivity index (χ3n) is 2.07. The molecule has 90 valence electrons. The van der Waals surface area contributed by atoms with Crippen molar-refractivity contribution < 1.29 is 19.2 Å². The molecule has 0 spiro atoms. The Hall–Kier alpha value is -1.43. The number of aliphatic carboxylic acids is 1. The van der Waals surface area contributed by atoms with Gasteiger partial charge in [0.05, 0.1) is 6.61 Å². The zero-order chi connectivity index (χ0) is 11.8. The van der Waals surface area contributed by atoms with E-state index in [0.717, 1.165) is 6.42 Å². The first kappa shape index (κ1) is 12.6. The van der Waals surface area contributed by atoms with Gasteiger partial charge >= 0.3 is 5.97 Å². The van der Waals surface area contributed by atoms with Gasteiger partial charge in [-0.1, -0.05) is 5.16 Å². The molecule has 1 aromatic rings. The summed E-state index contributed by atoms with van der Waals surface area (Å²) in [5.41, 5.74) is 0. The van der Waals surface area contributed by atoms with E-state index in [2.05, 4.69) is 10.1 Å². The molecule has 0 fully saturated rings. The van der Waals surface area contributed by atoms with E-state index in [1.165, 1.54) is 0 Å². The van der Waals surface area contributed by atoms with Crippen LogP contribution in [0.3, 0.4) is 0 Å². The summed E-state index contributed by atoms with van der Waals surface area (Å²) in [6.07, 6.45) is 2.83. The number of nitrogens with zero attached hydrogens (tertiary/aromatic N) is 2. The molecule has 0 aliphatic rings. The number of methoxy groups -OCH3 is 1. The molecular weight excluding hydrogens is 212 g/mol. The fourth-order valence-corrected chi connectivity index (χ4v) is 1.24. The van der Waals surface area contributed by atoms with Crippen LogP contribution in [0.15, 0.2) is 4.52 Å². The number of hydrogen-bond donors (Lipinski definition) is 1. The van der Waals surface area contributed by atoms with Gasteiger partial charge < -0.3 is 14.4 Å². The van der Waals surface area contributed by atoms with Crippen molar-refractivity contribution in [2.24, 2.45) is 0 Å². The first-order chi connectivity index (χ1) is 7.72. The maximum Gasteiger partial charge on any atom is 0.303 e. The highest BCUT2D eigenvalue weighted by Gasteiger charge is 2.06. The lowest BCUT2D eigenvalue weighted by molar-refractivity contribution is -0.137. The molecule has 0 bridgehead atoms. The standard InChI is InChI=1S/C10H16N2O4/c1-15-7-6-8-11-9(16-12-8)4-2-3-5-10(13)14/h2-7H2,1H3,(H,13,14). The van der Waals surface area contributed by atoms with Crippen LogP contribution < -0.4 is 0 Å². The highest BCUT2D eigenvalue weighted by atomic mass is 16.5. The Bertz CT molecular complexity index is 324. The Balaban J connectivity index is 2.21. The summed E-state index contributed by atoms with van der Waals surface area (Å²) < 4.78 is 9.90. The summed E-state index contributed by atoms with van der Waals surface area (Å²) >= 11 is 0. The van der Waals surface area contributed by atoms with Crippen LogP contribution in [-0.2, 0) is 22.4 Å². The number of carboxylic acid groups (broad SMARTS) is 1. The zero-order valence-corrected chi connectivity index (χ0v) is 9.31. The van der Waals surface area contributed by atoms with Gasteiger partial charge in [0.2, 0.25) is 5.89 Å². The van der Waals surface area contributed by atoms with Gasteiger partial charge in [-0.05, 0) is 12.8 Å². The van der Waals surface area contributed by atoms with Crippen molar-refractivity contribution in [1.29, 1.82) is 0 Å². The Morgan fingerprint density at radius 3 is 2.94 bits per heavy atom. The molecule has 1 aromatic heterocycles. The fraction of sp³-hybridized carbons (Fsp3) is 0.700. The number of hydrogen-bond acceptors (Lipinski definition) is 5. The molecule has 0 saturated heterocycles. The number of carbonyl (C=O) groups is 1. The minimum Gasteiger partial charge on any atom is -0.481 e. The zero-order valence-electron chi connectivity index (χ0n) is 9.31. The highest BCUT2D eigenvalue weighted by molar-refractivity contribution is 5.66. The maximum atomic E-state index is 10.3. The lowest BCUT2D eigenvalue weighted by Gasteiger charge is -1.93. The summed E-state index contributed by atoms with van der Waals surface area (Å²) in [4.78, 5) is 14.4. The van der Waals surface area contributed by atoms with Gasteiger partial charge in [-0.25, -0.2) is 0 Å². The largest absolute Gasteiger partial charge is 0.481 e. The van der Waals surface area contributed by atoms with E-state index >= 15 is 0 Å². The van der Waals surface area contributed by atoms with Crippen LogP contribution >= 0.6 is 0 Å². The summed E-state index contributed by atoms with van der Waals surface area (Å²) in [6.45, 7) is 0.567. The molecule has 0 atom stereocenters. The molecule has 6 nitrogen and oxygen atoms in total. The highest BCUT2D eigenvalue weighted by Crippen LogP contribution is 2.05. The molecule has 0 aromatic carbocycles. The summed E-state index contributed by atoms with van der Waals surface area (Å²) in [5, 5.41) is 12.2. The number of carboxylic acids is 1. The van der Waals surface area contributed by atoms with Crippen molar-refractivity contribution in [1.82, 2.24) is 10.1 Å². The topological polar surface area (TPSA) is 85.5 Å². The van der Waals surface area contributed by atoms with Gasteiger partial charge in [-0.2, -0.15) is 4.98 Å². The Kier molecular flexibility index (Phi) is 5.49. The smallest absolute Gasteiger partial charge is 0.303 e. The van der Waals surface area contributed by atoms with Crippen LogP contribution in [0.1, 0.15) is 31.0 Å². The van der Waals surface area contributed by atoms with Crippen molar-refractivity contribution in [3.63, 3.8) is 0 Å². The van der Waals surface area contributed by atoms with Crippen molar-refractivity contribution >= 4 is 5.97 Å². The Labute approximate surface area is 93.6 Å². The second-order valence-corrected chi connectivity index (χ2v) is 3.45. The molecule has 0 aliphatic heterocycles. The van der Waals surface area contributed by atoms with Gasteiger partial charge in [0.15, 0.2) is 5.82 Å². The molecule has 1 heterocycles. The fourth-order valence-electron chi connectivity index (χ4n) is 1.24. The van der Waals surface area contributed by atoms with E-state index in [-0.39, 0.29) is 6.42 Å². The lowest BCUT2D eigenvalue weighted by atomic mass is 10.2. The van der Waals surface area contributed by atoms with E-state index in [9.17, 15) is 4.79 Å². The molecule has 1 rings (SSSR count). The lowest BCUT2D eigenvalue weighted by Crippen LogP contribution is -1.97. The number of aryl methyl sites for hydroxylation is 1. The number of unbranched alkanes of at least 4 members (excludes halogenated alkanes) is 1. The SMILES string of the molecule is COCCc1noc(CCCCC(=O)O)n1. The van der Waals surface area contributed by atoms with Crippen molar-refractivity contribution in [2.75, 3.05) is 13.7 Å². The van der Waals surface area contributed by atoms with Crippen molar-refractivity contribution in [3.8, 4) is 0 Å². The summed E-state index contributed by atoms with van der Waals surface area (Å²) in [6, 6.07) is 0. The van der Waals surface area contributed by atoms with Gasteiger partial charge in [0, 0.05) is 26.4 Å². The van der Waals surface area contributed by atoms with E-state index in [1.54, 1.807) is 7.11 Å². The van der Waals surface area contributed by atoms with Crippen LogP contribution in [0.2, 0.25) is 0 Å². The van der Waals surface area contributed by atoms with E-state index in [0.29, 0.717) is 37.6 Å². The number of ether oxygens (including phenoxy) is 1. The number of rotatable bonds is 8. The van der Waals surface area contributed by atoms with Crippen LogP contribution in [0.5, 0.6) is 0 Å². The quantitative estimate of drug-likeness (QED) is 0.669. The molecule has 0 amide bonds. The Morgan fingerprint density at radius 2 is 2.25 bits per heavy atom. The van der Waals surface area contributed by atoms with Crippen LogP contribution in [0, 0.1) is 0 Å². The molecule has 0 radical (unpaired) electrons. The van der Waals surface area contributed by atoms with Gasteiger partial charge in [0.1, 0.15) is 0 Å². The molecule has 0 unspecified atom stereocenters. The van der Waals surface area contributed by atoms with Gasteiger partial charge in [0.25, 0.3) is 0 Å². The van der Waals surface area contributed by atoms with E-state index in [1.807, 2.05) is 0 Å². The second-order valence-electron chi connectivity index (χ2n) is 3.45. The predicted molar refractivity (Wildman–Crippen MR) is 55.1 cm³/mol. The second kappa shape index (κ2) is 6.95. The Morgan fingerprint density at radius 1 is 1.44 bits per heavy atom. The first-order valence-corrected chi connectivity index (χ1v) is 5.24. The molecule has 6 heteroatoms. The molecular formula is C10H16N2O4.